The number of nitrogens with one attached hydrogen (secondary N) is 1. The third kappa shape index (κ3) is 7.03. The number of hydrogen-bond acceptors (Lipinski definition) is 4. The second kappa shape index (κ2) is 11.8. The Kier molecular flexibility index (Phi) is 8.84. The Morgan fingerprint density at radius 1 is 1.00 bits per heavy atom. The molecule has 33 heavy (non-hydrogen) atoms. The van der Waals surface area contributed by atoms with Crippen molar-refractivity contribution in [3.63, 3.8) is 0 Å². The molecule has 0 aliphatic rings. The number of carbonyl (C=O) groups is 1. The highest BCUT2D eigenvalue weighted by Crippen LogP contribution is 2.26. The highest BCUT2D eigenvalue weighted by atomic mass is 16.5. The van der Waals surface area contributed by atoms with Gasteiger partial charge >= 0.3 is 0 Å². The number of fused-ring (bicyclic) bond motifs is 1. The van der Waals surface area contributed by atoms with E-state index in [9.17, 15) is 4.79 Å². The molecule has 0 atom stereocenters. The van der Waals surface area contributed by atoms with Crippen LogP contribution < -0.4 is 10.1 Å². The zero-order chi connectivity index (χ0) is 23.8. The van der Waals surface area contributed by atoms with Gasteiger partial charge in [-0.15, -0.1) is 0 Å². The number of ether oxygens (including phenoxy) is 1. The van der Waals surface area contributed by atoms with Gasteiger partial charge in [0, 0.05) is 37.1 Å². The SMILES string of the molecule is CCOc1ccc(-c2cc(C(=O)NCCN(CC(C)C)CC(C)C)c3ccccc3n2)cc1. The predicted octanol–water partition coefficient (Wildman–Crippen LogP) is 5.64. The minimum Gasteiger partial charge on any atom is -0.494 e. The number of aromatic nitrogens is 1. The maximum atomic E-state index is 13.2. The Bertz CT molecular complexity index is 1030. The van der Waals surface area contributed by atoms with Gasteiger partial charge in [0.15, 0.2) is 0 Å². The van der Waals surface area contributed by atoms with Crippen molar-refractivity contribution in [3.05, 3.63) is 60.2 Å². The lowest BCUT2D eigenvalue weighted by molar-refractivity contribution is 0.0948. The first-order valence-corrected chi connectivity index (χ1v) is 12.0. The van der Waals surface area contributed by atoms with Gasteiger partial charge in [0.25, 0.3) is 5.91 Å². The molecule has 3 aromatic rings. The molecule has 3 rings (SSSR count). The van der Waals surface area contributed by atoms with Crippen molar-refractivity contribution in [2.45, 2.75) is 34.6 Å². The summed E-state index contributed by atoms with van der Waals surface area (Å²) in [5.41, 5.74) is 3.21. The van der Waals surface area contributed by atoms with Gasteiger partial charge < -0.3 is 15.0 Å². The molecule has 0 aliphatic heterocycles. The first kappa shape index (κ1) is 24.7. The van der Waals surface area contributed by atoms with E-state index in [1.165, 1.54) is 0 Å². The van der Waals surface area contributed by atoms with E-state index in [1.54, 1.807) is 0 Å². The minimum atomic E-state index is -0.0603. The molecule has 0 radical (unpaired) electrons. The molecule has 0 spiro atoms. The highest BCUT2D eigenvalue weighted by molar-refractivity contribution is 6.07. The van der Waals surface area contributed by atoms with E-state index in [0.717, 1.165) is 47.5 Å². The molecule has 5 nitrogen and oxygen atoms in total. The number of rotatable bonds is 11. The van der Waals surface area contributed by atoms with E-state index >= 15 is 0 Å². The van der Waals surface area contributed by atoms with Crippen LogP contribution in [0.3, 0.4) is 0 Å². The standard InChI is InChI=1S/C28H37N3O2/c1-6-33-23-13-11-22(12-14-23)27-17-25(24-9-7-8-10-26(24)30-27)28(32)29-15-16-31(18-20(2)3)19-21(4)5/h7-14,17,20-21H,6,15-16,18-19H2,1-5H3,(H,29,32). The number of nitrogens with zero attached hydrogens (tertiary/aromatic N) is 2. The molecule has 1 heterocycles. The summed E-state index contributed by atoms with van der Waals surface area (Å²) in [5, 5.41) is 4.01. The van der Waals surface area contributed by atoms with E-state index in [0.29, 0.717) is 30.6 Å². The smallest absolute Gasteiger partial charge is 0.252 e. The van der Waals surface area contributed by atoms with Crippen LogP contribution in [0.5, 0.6) is 5.75 Å². The summed E-state index contributed by atoms with van der Waals surface area (Å²) in [6.07, 6.45) is 0. The summed E-state index contributed by atoms with van der Waals surface area (Å²) < 4.78 is 5.55. The zero-order valence-electron chi connectivity index (χ0n) is 20.6. The zero-order valence-corrected chi connectivity index (χ0v) is 20.6. The van der Waals surface area contributed by atoms with Gasteiger partial charge in [-0.05, 0) is 55.2 Å². The van der Waals surface area contributed by atoms with Gasteiger partial charge in [-0.1, -0.05) is 45.9 Å². The Balaban J connectivity index is 1.80. The van der Waals surface area contributed by atoms with Crippen molar-refractivity contribution < 1.29 is 9.53 Å². The fourth-order valence-electron chi connectivity index (χ4n) is 4.11. The van der Waals surface area contributed by atoms with Crippen LogP contribution in [-0.2, 0) is 0 Å². The predicted molar refractivity (Wildman–Crippen MR) is 137 cm³/mol. The van der Waals surface area contributed by atoms with Crippen LogP contribution in [0.15, 0.2) is 54.6 Å². The fraction of sp³-hybridized carbons (Fsp3) is 0.429. The third-order valence-electron chi connectivity index (χ3n) is 5.38. The average molecular weight is 448 g/mol. The topological polar surface area (TPSA) is 54.5 Å². The van der Waals surface area contributed by atoms with Crippen LogP contribution in [0.4, 0.5) is 0 Å². The maximum Gasteiger partial charge on any atom is 0.252 e. The second-order valence-electron chi connectivity index (χ2n) is 9.33. The summed E-state index contributed by atoms with van der Waals surface area (Å²) in [5.74, 6) is 1.96. The van der Waals surface area contributed by atoms with E-state index < -0.39 is 0 Å². The lowest BCUT2D eigenvalue weighted by atomic mass is 10.0. The minimum absolute atomic E-state index is 0.0603. The van der Waals surface area contributed by atoms with Crippen molar-refractivity contribution in [1.29, 1.82) is 0 Å². The van der Waals surface area contributed by atoms with Crippen molar-refractivity contribution in [1.82, 2.24) is 15.2 Å². The number of benzene rings is 2. The summed E-state index contributed by atoms with van der Waals surface area (Å²) in [4.78, 5) is 20.5. The molecule has 1 aromatic heterocycles. The molecule has 0 saturated heterocycles. The Hall–Kier alpha value is -2.92. The summed E-state index contributed by atoms with van der Waals surface area (Å²) in [6, 6.07) is 17.6. The van der Waals surface area contributed by atoms with Crippen molar-refractivity contribution in [2.75, 3.05) is 32.8 Å². The van der Waals surface area contributed by atoms with Crippen molar-refractivity contribution >= 4 is 16.8 Å². The Labute approximate surface area is 198 Å². The second-order valence-corrected chi connectivity index (χ2v) is 9.33. The third-order valence-corrected chi connectivity index (χ3v) is 5.38. The van der Waals surface area contributed by atoms with Gasteiger partial charge in [-0.25, -0.2) is 4.98 Å². The Morgan fingerprint density at radius 3 is 2.30 bits per heavy atom. The van der Waals surface area contributed by atoms with Crippen LogP contribution in [0.1, 0.15) is 45.0 Å². The average Bonchev–Trinajstić information content (AvgIpc) is 2.78. The van der Waals surface area contributed by atoms with E-state index in [-0.39, 0.29) is 5.91 Å². The van der Waals surface area contributed by atoms with Crippen LogP contribution in [0.2, 0.25) is 0 Å². The monoisotopic (exact) mass is 447 g/mol. The number of para-hydroxylation sites is 1. The largest absolute Gasteiger partial charge is 0.494 e. The van der Waals surface area contributed by atoms with Crippen LogP contribution in [0, 0.1) is 11.8 Å². The normalized spacial score (nSPS) is 11.5. The molecule has 5 heteroatoms. The van der Waals surface area contributed by atoms with Gasteiger partial charge in [0.2, 0.25) is 0 Å². The summed E-state index contributed by atoms with van der Waals surface area (Å²) >= 11 is 0. The van der Waals surface area contributed by atoms with Crippen molar-refractivity contribution in [3.8, 4) is 17.0 Å². The lowest BCUT2D eigenvalue weighted by Gasteiger charge is -2.26. The molecule has 0 aliphatic carbocycles. The first-order chi connectivity index (χ1) is 15.9. The first-order valence-electron chi connectivity index (χ1n) is 12.0. The number of carbonyl (C=O) groups excluding carboxylic acids is 1. The molecular formula is C28H37N3O2. The number of hydrogen-bond donors (Lipinski definition) is 1. The van der Waals surface area contributed by atoms with Crippen LogP contribution in [0.25, 0.3) is 22.2 Å². The van der Waals surface area contributed by atoms with E-state index in [1.807, 2.05) is 61.5 Å². The van der Waals surface area contributed by atoms with Gasteiger partial charge in [0.05, 0.1) is 23.4 Å². The van der Waals surface area contributed by atoms with Gasteiger partial charge in [-0.2, -0.15) is 0 Å². The molecule has 0 unspecified atom stereocenters. The summed E-state index contributed by atoms with van der Waals surface area (Å²) in [6.45, 7) is 15.1. The molecule has 0 saturated carbocycles. The maximum absolute atomic E-state index is 13.2. The summed E-state index contributed by atoms with van der Waals surface area (Å²) in [7, 11) is 0. The molecule has 2 aromatic carbocycles. The van der Waals surface area contributed by atoms with Crippen LogP contribution in [-0.4, -0.2) is 48.6 Å². The molecule has 176 valence electrons. The molecular weight excluding hydrogens is 410 g/mol. The number of amides is 1. The molecule has 0 bridgehead atoms. The molecule has 1 amide bonds. The molecule has 1 N–H and O–H groups in total. The molecule has 0 fully saturated rings. The van der Waals surface area contributed by atoms with E-state index in [4.69, 9.17) is 9.72 Å². The van der Waals surface area contributed by atoms with Gasteiger partial charge in [0.1, 0.15) is 5.75 Å². The van der Waals surface area contributed by atoms with Crippen molar-refractivity contribution in [2.24, 2.45) is 11.8 Å². The van der Waals surface area contributed by atoms with Crippen LogP contribution >= 0.6 is 0 Å². The van der Waals surface area contributed by atoms with Gasteiger partial charge in [-0.3, -0.25) is 4.79 Å². The fourth-order valence-corrected chi connectivity index (χ4v) is 4.11. The number of pyridine rings is 1. The van der Waals surface area contributed by atoms with E-state index in [2.05, 4.69) is 37.9 Å². The lowest BCUT2D eigenvalue weighted by Crippen LogP contribution is -2.38. The Morgan fingerprint density at radius 2 is 1.67 bits per heavy atom. The quantitative estimate of drug-likeness (QED) is 0.413. The highest BCUT2D eigenvalue weighted by Gasteiger charge is 2.15.